The van der Waals surface area contributed by atoms with E-state index < -0.39 is 11.6 Å². The van der Waals surface area contributed by atoms with Crippen LogP contribution in [0.1, 0.15) is 32.3 Å². The first-order valence-electron chi connectivity index (χ1n) is 6.44. The maximum absolute atomic E-state index is 13.4. The molecular weight excluding hydrogens is 232 g/mol. The van der Waals surface area contributed by atoms with Gasteiger partial charge in [0.2, 0.25) is 0 Å². The van der Waals surface area contributed by atoms with Crippen LogP contribution >= 0.6 is 0 Å². The van der Waals surface area contributed by atoms with E-state index in [0.29, 0.717) is 12.0 Å². The van der Waals surface area contributed by atoms with E-state index in [1.54, 1.807) is 12.1 Å². The summed E-state index contributed by atoms with van der Waals surface area (Å²) in [6.07, 6.45) is 4.59. The fraction of sp³-hybridized carbons (Fsp3) is 0.467. The third kappa shape index (κ3) is 4.96. The van der Waals surface area contributed by atoms with Gasteiger partial charge in [0.25, 0.3) is 0 Å². The van der Waals surface area contributed by atoms with Gasteiger partial charge >= 0.3 is 0 Å². The van der Waals surface area contributed by atoms with Crippen LogP contribution in [0.5, 0.6) is 0 Å². The molecule has 1 rings (SSSR count). The number of nitrogens with one attached hydrogen (secondary N) is 1. The molecule has 0 atom stereocenters. The second kappa shape index (κ2) is 7.98. The van der Waals surface area contributed by atoms with E-state index in [-0.39, 0.29) is 0 Å². The molecule has 3 heteroatoms. The van der Waals surface area contributed by atoms with E-state index in [4.69, 9.17) is 0 Å². The lowest BCUT2D eigenvalue weighted by Crippen LogP contribution is -2.15. The van der Waals surface area contributed by atoms with E-state index in [9.17, 15) is 8.78 Å². The van der Waals surface area contributed by atoms with Gasteiger partial charge in [-0.2, -0.15) is 0 Å². The Morgan fingerprint density at radius 1 is 1.28 bits per heavy atom. The topological polar surface area (TPSA) is 12.0 Å². The molecule has 0 aliphatic rings. The van der Waals surface area contributed by atoms with Crippen molar-refractivity contribution in [3.63, 3.8) is 0 Å². The van der Waals surface area contributed by atoms with E-state index in [1.807, 2.05) is 6.92 Å². The number of benzene rings is 1. The van der Waals surface area contributed by atoms with Gasteiger partial charge in [0.1, 0.15) is 0 Å². The zero-order valence-corrected chi connectivity index (χ0v) is 11.1. The van der Waals surface area contributed by atoms with Crippen molar-refractivity contribution in [1.29, 1.82) is 0 Å². The molecule has 1 nitrogen and oxygen atoms in total. The smallest absolute Gasteiger partial charge is 0.162 e. The van der Waals surface area contributed by atoms with Crippen molar-refractivity contribution in [3.8, 4) is 0 Å². The molecule has 0 aromatic heterocycles. The van der Waals surface area contributed by atoms with Crippen LogP contribution in [-0.4, -0.2) is 13.1 Å². The fourth-order valence-electron chi connectivity index (χ4n) is 1.78. The van der Waals surface area contributed by atoms with Gasteiger partial charge in [-0.05, 0) is 50.9 Å². The van der Waals surface area contributed by atoms with Gasteiger partial charge in [0.15, 0.2) is 11.6 Å². The molecule has 18 heavy (non-hydrogen) atoms. The molecule has 0 fully saturated rings. The molecule has 0 spiro atoms. The lowest BCUT2D eigenvalue weighted by Gasteiger charge is -2.05. The van der Waals surface area contributed by atoms with Gasteiger partial charge in [0.05, 0.1) is 0 Å². The summed E-state index contributed by atoms with van der Waals surface area (Å²) in [7, 11) is 0. The standard InChI is InChI=1S/C15H21F2N/c1-3-9-18-10-5-6-12(2)11-13-7-4-8-14(16)15(13)17/h4,6-8,18H,3,5,9-11H2,1-2H3. The first-order valence-corrected chi connectivity index (χ1v) is 6.44. The van der Waals surface area contributed by atoms with Crippen LogP contribution in [0, 0.1) is 11.6 Å². The summed E-state index contributed by atoms with van der Waals surface area (Å²) in [6.45, 7) is 6.02. The third-order valence-corrected chi connectivity index (χ3v) is 2.74. The van der Waals surface area contributed by atoms with Crippen molar-refractivity contribution < 1.29 is 8.78 Å². The van der Waals surface area contributed by atoms with Gasteiger partial charge in [-0.25, -0.2) is 8.78 Å². The summed E-state index contributed by atoms with van der Waals surface area (Å²) in [5.74, 6) is -1.50. The molecule has 0 aliphatic carbocycles. The quantitative estimate of drug-likeness (QED) is 0.575. The Kier molecular flexibility index (Phi) is 6.58. The van der Waals surface area contributed by atoms with Crippen molar-refractivity contribution in [2.75, 3.05) is 13.1 Å². The van der Waals surface area contributed by atoms with Gasteiger partial charge in [-0.3, -0.25) is 0 Å². The van der Waals surface area contributed by atoms with Crippen LogP contribution in [-0.2, 0) is 6.42 Å². The van der Waals surface area contributed by atoms with Gasteiger partial charge < -0.3 is 5.32 Å². The van der Waals surface area contributed by atoms with Crippen molar-refractivity contribution in [2.24, 2.45) is 0 Å². The molecule has 1 N–H and O–H groups in total. The molecule has 1 aromatic rings. The third-order valence-electron chi connectivity index (χ3n) is 2.74. The van der Waals surface area contributed by atoms with Gasteiger partial charge in [0, 0.05) is 0 Å². The molecule has 0 saturated heterocycles. The van der Waals surface area contributed by atoms with Crippen LogP contribution in [0.4, 0.5) is 8.78 Å². The summed E-state index contributed by atoms with van der Waals surface area (Å²) in [6, 6.07) is 4.32. The van der Waals surface area contributed by atoms with Crippen LogP contribution in [0.3, 0.4) is 0 Å². The fourth-order valence-corrected chi connectivity index (χ4v) is 1.78. The van der Waals surface area contributed by atoms with Crippen molar-refractivity contribution >= 4 is 0 Å². The molecule has 0 heterocycles. The first-order chi connectivity index (χ1) is 8.65. The average molecular weight is 253 g/mol. The Bertz CT molecular complexity index is 399. The maximum Gasteiger partial charge on any atom is 0.162 e. The summed E-state index contributed by atoms with van der Waals surface area (Å²) in [4.78, 5) is 0. The molecule has 100 valence electrons. The second-order valence-electron chi connectivity index (χ2n) is 4.48. The molecule has 0 aliphatic heterocycles. The van der Waals surface area contributed by atoms with E-state index >= 15 is 0 Å². The molecule has 0 bridgehead atoms. The highest BCUT2D eigenvalue weighted by Crippen LogP contribution is 2.15. The summed E-state index contributed by atoms with van der Waals surface area (Å²) in [5, 5.41) is 3.30. The zero-order chi connectivity index (χ0) is 13.4. The highest BCUT2D eigenvalue weighted by Gasteiger charge is 2.07. The lowest BCUT2D eigenvalue weighted by molar-refractivity contribution is 0.500. The molecule has 0 amide bonds. The number of rotatable bonds is 7. The normalized spacial score (nSPS) is 11.9. The van der Waals surface area contributed by atoms with E-state index in [1.165, 1.54) is 0 Å². The Hall–Kier alpha value is -1.22. The minimum Gasteiger partial charge on any atom is -0.316 e. The highest BCUT2D eigenvalue weighted by atomic mass is 19.2. The molecular formula is C15H21F2N. The lowest BCUT2D eigenvalue weighted by atomic mass is 10.0. The Morgan fingerprint density at radius 3 is 2.78 bits per heavy atom. The zero-order valence-electron chi connectivity index (χ0n) is 11.1. The number of allylic oxidation sites excluding steroid dienone is 1. The number of halogens is 2. The Labute approximate surface area is 108 Å². The SMILES string of the molecule is CCCNCCC=C(C)Cc1cccc(F)c1F. The average Bonchev–Trinajstić information content (AvgIpc) is 2.35. The predicted molar refractivity (Wildman–Crippen MR) is 71.6 cm³/mol. The summed E-state index contributed by atoms with van der Waals surface area (Å²) >= 11 is 0. The van der Waals surface area contributed by atoms with Crippen LogP contribution in [0.2, 0.25) is 0 Å². The van der Waals surface area contributed by atoms with Gasteiger partial charge in [-0.15, -0.1) is 0 Å². The van der Waals surface area contributed by atoms with Crippen LogP contribution in [0.15, 0.2) is 29.8 Å². The predicted octanol–water partition coefficient (Wildman–Crippen LogP) is 3.84. The van der Waals surface area contributed by atoms with E-state index in [0.717, 1.165) is 37.6 Å². The largest absolute Gasteiger partial charge is 0.316 e. The first kappa shape index (κ1) is 14.8. The van der Waals surface area contributed by atoms with Crippen molar-refractivity contribution in [3.05, 3.63) is 47.0 Å². The molecule has 1 aromatic carbocycles. The second-order valence-corrected chi connectivity index (χ2v) is 4.48. The Morgan fingerprint density at radius 2 is 2.06 bits per heavy atom. The van der Waals surface area contributed by atoms with Crippen LogP contribution in [0.25, 0.3) is 0 Å². The molecule has 0 saturated carbocycles. The van der Waals surface area contributed by atoms with Gasteiger partial charge in [-0.1, -0.05) is 30.7 Å². The summed E-state index contributed by atoms with van der Waals surface area (Å²) < 4.78 is 26.5. The minimum atomic E-state index is -0.773. The molecule has 0 unspecified atom stereocenters. The van der Waals surface area contributed by atoms with E-state index in [2.05, 4.69) is 18.3 Å². The highest BCUT2D eigenvalue weighted by molar-refractivity contribution is 5.23. The Balaban J connectivity index is 2.46. The number of hydrogen-bond acceptors (Lipinski definition) is 1. The number of hydrogen-bond donors (Lipinski definition) is 1. The maximum atomic E-state index is 13.4. The van der Waals surface area contributed by atoms with Crippen LogP contribution < -0.4 is 5.32 Å². The van der Waals surface area contributed by atoms with Crippen molar-refractivity contribution in [2.45, 2.75) is 33.1 Å². The molecule has 0 radical (unpaired) electrons. The summed E-state index contributed by atoms with van der Waals surface area (Å²) in [5.41, 5.74) is 1.49. The minimum absolute atomic E-state index is 0.422. The monoisotopic (exact) mass is 253 g/mol. The van der Waals surface area contributed by atoms with Crippen molar-refractivity contribution in [1.82, 2.24) is 5.32 Å².